The number of hydrogen-bond donors (Lipinski definition) is 6. The molecule has 2 heterocycles. The molecule has 2 aliphatic rings. The summed E-state index contributed by atoms with van der Waals surface area (Å²) < 4.78 is 23.6. The van der Waals surface area contributed by atoms with E-state index in [-0.39, 0.29) is 56.0 Å². The topological polar surface area (TPSA) is 192 Å². The maximum atomic E-state index is 13.1. The first-order chi connectivity index (χ1) is 32.4. The number of carbonyl (C=O) groups is 2. The molecular weight excluding hydrogens is 877 g/mol. The molecule has 0 radical (unpaired) electrons. The minimum absolute atomic E-state index is 0.0220. The van der Waals surface area contributed by atoms with Crippen molar-refractivity contribution >= 4 is 11.9 Å². The van der Waals surface area contributed by atoms with Crippen molar-refractivity contribution in [3.8, 4) is 0 Å². The first-order valence-electron chi connectivity index (χ1n) is 26.8. The molecule has 12 heteroatoms. The third-order valence-corrected chi connectivity index (χ3v) is 15.2. The van der Waals surface area contributed by atoms with E-state index in [1.807, 2.05) is 6.92 Å². The molecule has 69 heavy (non-hydrogen) atoms. The van der Waals surface area contributed by atoms with Gasteiger partial charge in [0.2, 0.25) is 0 Å². The van der Waals surface area contributed by atoms with Crippen molar-refractivity contribution in [2.24, 2.45) is 23.2 Å². The van der Waals surface area contributed by atoms with Crippen LogP contribution < -0.4 is 0 Å². The normalized spacial score (nSPS) is 26.8. The van der Waals surface area contributed by atoms with Gasteiger partial charge in [0.15, 0.2) is 0 Å². The van der Waals surface area contributed by atoms with Gasteiger partial charge >= 0.3 is 11.9 Å². The second kappa shape index (κ2) is 31.8. The first-order valence-corrected chi connectivity index (χ1v) is 26.8. The number of aliphatic hydroxyl groups excluding tert-OH is 6. The van der Waals surface area contributed by atoms with Crippen molar-refractivity contribution < 1.29 is 59.2 Å². The summed E-state index contributed by atoms with van der Waals surface area (Å²) in [5.74, 6) is -0.916. The molecule has 0 aliphatic carbocycles. The smallest absolute Gasteiger partial charge is 0.331 e. The average molecular weight is 977 g/mol. The number of unbranched alkanes of at least 4 members (excludes halogenated alkanes) is 12. The highest BCUT2D eigenvalue weighted by molar-refractivity contribution is 5.83. The van der Waals surface area contributed by atoms with Crippen LogP contribution in [0.25, 0.3) is 0 Å². The molecule has 400 valence electrons. The van der Waals surface area contributed by atoms with Crippen LogP contribution in [0.2, 0.25) is 0 Å². The number of methoxy groups -OCH3 is 1. The predicted molar refractivity (Wildman–Crippen MR) is 275 cm³/mol. The average Bonchev–Trinajstić information content (AvgIpc) is 3.57. The highest BCUT2D eigenvalue weighted by atomic mass is 16.6. The quantitative estimate of drug-likeness (QED) is 0.0127. The highest BCUT2D eigenvalue weighted by Crippen LogP contribution is 2.41. The lowest BCUT2D eigenvalue weighted by Crippen LogP contribution is -2.48. The Labute approximate surface area is 418 Å². The van der Waals surface area contributed by atoms with Crippen LogP contribution in [0.5, 0.6) is 0 Å². The third kappa shape index (κ3) is 22.8. The number of hydrogen-bond acceptors (Lipinski definition) is 12. The third-order valence-electron chi connectivity index (χ3n) is 15.2. The van der Waals surface area contributed by atoms with Gasteiger partial charge in [-0.05, 0) is 76.7 Å². The summed E-state index contributed by atoms with van der Waals surface area (Å²) in [6, 6.07) is 0. The molecule has 2 rings (SSSR count). The molecule has 6 N–H and O–H groups in total. The second-order valence-corrected chi connectivity index (χ2v) is 22.4. The van der Waals surface area contributed by atoms with Crippen molar-refractivity contribution in [1.82, 2.24) is 0 Å². The Morgan fingerprint density at radius 3 is 1.99 bits per heavy atom. The summed E-state index contributed by atoms with van der Waals surface area (Å²) >= 11 is 0. The van der Waals surface area contributed by atoms with Crippen molar-refractivity contribution in [2.45, 2.75) is 271 Å². The van der Waals surface area contributed by atoms with Gasteiger partial charge in [0.1, 0.15) is 29.7 Å². The summed E-state index contributed by atoms with van der Waals surface area (Å²) in [6.45, 7) is 24.7. The van der Waals surface area contributed by atoms with Crippen LogP contribution in [0.3, 0.4) is 0 Å². The molecule has 0 aromatic rings. The summed E-state index contributed by atoms with van der Waals surface area (Å²) in [5.41, 5.74) is -0.410. The Morgan fingerprint density at radius 1 is 0.855 bits per heavy atom. The lowest BCUT2D eigenvalue weighted by atomic mass is 9.75. The van der Waals surface area contributed by atoms with E-state index in [0.717, 1.165) is 31.3 Å². The molecule has 0 unspecified atom stereocenters. The highest BCUT2D eigenvalue weighted by Gasteiger charge is 2.52. The van der Waals surface area contributed by atoms with Crippen LogP contribution in [0.15, 0.2) is 47.8 Å². The zero-order chi connectivity index (χ0) is 51.9. The Hall–Kier alpha value is -2.58. The van der Waals surface area contributed by atoms with E-state index >= 15 is 0 Å². The fourth-order valence-corrected chi connectivity index (χ4v) is 10.2. The minimum atomic E-state index is -1.29. The van der Waals surface area contributed by atoms with Gasteiger partial charge in [-0.15, -0.1) is 0 Å². The fraction of sp³-hybridized carbons (Fsp3) is 0.825. The molecule has 2 aliphatic heterocycles. The molecule has 0 amide bonds. The molecule has 0 saturated carbocycles. The van der Waals surface area contributed by atoms with Crippen LogP contribution >= 0.6 is 0 Å². The van der Waals surface area contributed by atoms with Gasteiger partial charge < -0.3 is 49.6 Å². The van der Waals surface area contributed by atoms with E-state index in [4.69, 9.17) is 18.9 Å². The largest absolute Gasteiger partial charge is 0.497 e. The van der Waals surface area contributed by atoms with Gasteiger partial charge in [-0.2, -0.15) is 0 Å². The van der Waals surface area contributed by atoms with E-state index in [1.165, 1.54) is 71.0 Å². The summed E-state index contributed by atoms with van der Waals surface area (Å²) in [7, 11) is 1.48. The van der Waals surface area contributed by atoms with Crippen LogP contribution in [0.1, 0.15) is 210 Å². The van der Waals surface area contributed by atoms with Crippen molar-refractivity contribution in [3.63, 3.8) is 0 Å². The maximum absolute atomic E-state index is 13.1. The maximum Gasteiger partial charge on any atom is 0.331 e. The SMILES string of the molecule is C=C(C[C@@H](C[C@@H](O)[C@@H](C)[C@H](O)C[C@@H](O)C(C)(C)[C@H](O)C/C(C)=C/[C@@H](O)[C@@]1(C)O[C@@H]2C[C@H](C)C[C@H](O)C[C@@H](C)C/C(C)=C\C(=O)O[C@H]1C2)OC(=O)CCCCCCCCCCCCCCC)C(=C)OC. The van der Waals surface area contributed by atoms with E-state index in [1.54, 1.807) is 40.7 Å². The fourth-order valence-electron chi connectivity index (χ4n) is 10.2. The summed E-state index contributed by atoms with van der Waals surface area (Å²) in [6.07, 6.45) is 14.0. The van der Waals surface area contributed by atoms with Gasteiger partial charge in [-0.25, -0.2) is 4.79 Å². The monoisotopic (exact) mass is 977 g/mol. The van der Waals surface area contributed by atoms with E-state index in [2.05, 4.69) is 33.9 Å². The Balaban J connectivity index is 2.00. The molecule has 0 aromatic heterocycles. The molecular formula is C57H100O12. The second-order valence-electron chi connectivity index (χ2n) is 22.4. The Kier molecular flexibility index (Phi) is 28.8. The lowest BCUT2D eigenvalue weighted by Gasteiger charge is -2.38. The Morgan fingerprint density at radius 2 is 1.41 bits per heavy atom. The van der Waals surface area contributed by atoms with Gasteiger partial charge in [-0.3, -0.25) is 4.79 Å². The molecule has 12 nitrogen and oxygen atoms in total. The van der Waals surface area contributed by atoms with Gasteiger partial charge in [0.05, 0.1) is 43.7 Å². The zero-order valence-electron chi connectivity index (χ0n) is 44.9. The summed E-state index contributed by atoms with van der Waals surface area (Å²) in [5, 5.41) is 68.3. The van der Waals surface area contributed by atoms with E-state index in [9.17, 15) is 40.2 Å². The van der Waals surface area contributed by atoms with Crippen LogP contribution in [-0.4, -0.2) is 110 Å². The number of allylic oxidation sites excluding steroid dienone is 2. The van der Waals surface area contributed by atoms with Crippen LogP contribution in [0.4, 0.5) is 0 Å². The number of carbonyl (C=O) groups excluding carboxylic acids is 2. The number of esters is 2. The molecule has 0 aromatic carbocycles. The van der Waals surface area contributed by atoms with E-state index in [0.29, 0.717) is 49.0 Å². The molecule has 2 bridgehead atoms. The molecule has 1 fully saturated rings. The number of fused-ring (bicyclic) bond motifs is 2. The van der Waals surface area contributed by atoms with Crippen molar-refractivity contribution in [2.75, 3.05) is 7.11 Å². The Bertz CT molecular complexity index is 1590. The standard InChI is InChI=1S/C57H100O12/c1-13-14-15-16-17-18-19-20-21-22-23-24-25-26-54(64)67-46(34-42(6)44(8)66-12)35-48(59)43(7)49(60)37-51(62)56(9,10)50(61)31-41(5)32-52(63)57(11)53-36-47(69-57)30-40(4)29-45(58)28-38(2)27-39(3)33-55(65)68-53/h32-33,38,40,43,45-53,58-63H,6,8,13-31,34-37H2,1-5,7,9-12H3/b39-33-,41-32+/t38-,40+,43+,45+,46-,47+,48+,49+,50+,51+,52+,53-,57+/m0/s1. The van der Waals surface area contributed by atoms with Crippen LogP contribution in [-0.2, 0) is 28.5 Å². The number of ether oxygens (including phenoxy) is 4. The molecule has 0 spiro atoms. The zero-order valence-corrected chi connectivity index (χ0v) is 44.9. The number of aliphatic hydroxyl groups is 6. The first kappa shape index (κ1) is 62.5. The predicted octanol–water partition coefficient (Wildman–Crippen LogP) is 10.7. The van der Waals surface area contributed by atoms with Gasteiger partial charge in [-0.1, -0.05) is 149 Å². The lowest BCUT2D eigenvalue weighted by molar-refractivity contribution is -0.164. The molecule has 13 atom stereocenters. The molecule has 1 saturated heterocycles. The van der Waals surface area contributed by atoms with Crippen molar-refractivity contribution in [3.05, 3.63) is 47.8 Å². The van der Waals surface area contributed by atoms with Gasteiger partial charge in [0.25, 0.3) is 0 Å². The van der Waals surface area contributed by atoms with Gasteiger partial charge in [0, 0.05) is 49.5 Å². The van der Waals surface area contributed by atoms with E-state index < -0.39 is 71.7 Å². The summed E-state index contributed by atoms with van der Waals surface area (Å²) in [4.78, 5) is 26.2. The number of rotatable bonds is 31. The minimum Gasteiger partial charge on any atom is -0.497 e. The van der Waals surface area contributed by atoms with Crippen molar-refractivity contribution in [1.29, 1.82) is 0 Å². The van der Waals surface area contributed by atoms with Crippen LogP contribution in [0, 0.1) is 23.2 Å².